The van der Waals surface area contributed by atoms with Gasteiger partial charge in [0.2, 0.25) is 0 Å². The lowest BCUT2D eigenvalue weighted by molar-refractivity contribution is 0.170. The zero-order chi connectivity index (χ0) is 11.3. The second-order valence-corrected chi connectivity index (χ2v) is 5.43. The van der Waals surface area contributed by atoms with Crippen LogP contribution in [0.3, 0.4) is 0 Å². The van der Waals surface area contributed by atoms with Crippen molar-refractivity contribution in [3.63, 3.8) is 0 Å². The van der Waals surface area contributed by atoms with Gasteiger partial charge >= 0.3 is 0 Å². The fourth-order valence-corrected chi connectivity index (χ4v) is 1.94. The molecule has 1 heterocycles. The second kappa shape index (κ2) is 5.83. The largest absolute Gasteiger partial charge is 0.396 e. The van der Waals surface area contributed by atoms with E-state index in [0.717, 1.165) is 26.2 Å². The Hall–Kier alpha value is -0.120. The molecule has 0 spiro atoms. The monoisotopic (exact) mass is 215 g/mol. The summed E-state index contributed by atoms with van der Waals surface area (Å²) >= 11 is 0. The fraction of sp³-hybridized carbons (Fsp3) is 1.00. The Morgan fingerprint density at radius 1 is 1.53 bits per heavy atom. The average Bonchev–Trinajstić information content (AvgIpc) is 2.67. The third kappa shape index (κ3) is 4.49. The Labute approximate surface area is 93.2 Å². The summed E-state index contributed by atoms with van der Waals surface area (Å²) in [4.78, 5) is 0. The smallest absolute Gasteiger partial charge is 0.0509 e. The Bertz CT molecular complexity index is 176. The van der Waals surface area contributed by atoms with Crippen LogP contribution in [0.15, 0.2) is 0 Å². The third-order valence-electron chi connectivity index (χ3n) is 3.36. The molecule has 0 amide bonds. The van der Waals surface area contributed by atoms with E-state index in [2.05, 4.69) is 26.1 Å². The minimum Gasteiger partial charge on any atom is -0.396 e. The number of hydrogen-bond donors (Lipinski definition) is 2. The summed E-state index contributed by atoms with van der Waals surface area (Å²) < 4.78 is 5.38. The molecule has 3 nitrogen and oxygen atoms in total. The quantitative estimate of drug-likeness (QED) is 0.704. The first-order valence-corrected chi connectivity index (χ1v) is 5.97. The molecule has 0 bridgehead atoms. The summed E-state index contributed by atoms with van der Waals surface area (Å²) in [5.74, 6) is 0.662. The summed E-state index contributed by atoms with van der Waals surface area (Å²) in [7, 11) is 0. The van der Waals surface area contributed by atoms with Crippen molar-refractivity contribution in [2.24, 2.45) is 11.3 Å². The van der Waals surface area contributed by atoms with Gasteiger partial charge in [-0.25, -0.2) is 0 Å². The molecule has 1 aliphatic heterocycles. The highest BCUT2D eigenvalue weighted by molar-refractivity contribution is 4.79. The maximum Gasteiger partial charge on any atom is 0.0509 e. The van der Waals surface area contributed by atoms with Gasteiger partial charge in [-0.05, 0) is 31.1 Å². The van der Waals surface area contributed by atoms with Gasteiger partial charge in [0.25, 0.3) is 0 Å². The van der Waals surface area contributed by atoms with Crippen LogP contribution in [0.5, 0.6) is 0 Å². The molecule has 15 heavy (non-hydrogen) atoms. The molecule has 1 aliphatic rings. The summed E-state index contributed by atoms with van der Waals surface area (Å²) in [6.45, 7) is 9.66. The number of hydrogen-bond acceptors (Lipinski definition) is 3. The Balaban J connectivity index is 2.23. The van der Waals surface area contributed by atoms with Crippen LogP contribution in [0.2, 0.25) is 0 Å². The SMILES string of the molecule is CC(NCC(C)(C)CCO)C1CCOC1. The van der Waals surface area contributed by atoms with Gasteiger partial charge in [-0.3, -0.25) is 0 Å². The van der Waals surface area contributed by atoms with Crippen LogP contribution in [-0.2, 0) is 4.74 Å². The predicted molar refractivity (Wildman–Crippen MR) is 61.9 cm³/mol. The second-order valence-electron chi connectivity index (χ2n) is 5.43. The molecular formula is C12H25NO2. The van der Waals surface area contributed by atoms with Gasteiger partial charge in [0, 0.05) is 25.8 Å². The zero-order valence-electron chi connectivity index (χ0n) is 10.3. The fourth-order valence-electron chi connectivity index (χ4n) is 1.94. The van der Waals surface area contributed by atoms with E-state index in [0.29, 0.717) is 12.0 Å². The number of nitrogens with one attached hydrogen (secondary N) is 1. The van der Waals surface area contributed by atoms with Crippen molar-refractivity contribution in [3.05, 3.63) is 0 Å². The lowest BCUT2D eigenvalue weighted by Gasteiger charge is -2.28. The van der Waals surface area contributed by atoms with E-state index in [1.807, 2.05) is 0 Å². The van der Waals surface area contributed by atoms with Crippen LogP contribution in [0, 0.1) is 11.3 Å². The number of ether oxygens (including phenoxy) is 1. The van der Waals surface area contributed by atoms with E-state index in [9.17, 15) is 0 Å². The van der Waals surface area contributed by atoms with E-state index >= 15 is 0 Å². The van der Waals surface area contributed by atoms with Gasteiger partial charge in [-0.1, -0.05) is 13.8 Å². The van der Waals surface area contributed by atoms with Crippen molar-refractivity contribution in [1.29, 1.82) is 0 Å². The van der Waals surface area contributed by atoms with Gasteiger partial charge in [-0.2, -0.15) is 0 Å². The lowest BCUT2D eigenvalue weighted by atomic mass is 9.89. The van der Waals surface area contributed by atoms with Crippen LogP contribution in [-0.4, -0.2) is 37.5 Å². The molecule has 0 aromatic heterocycles. The van der Waals surface area contributed by atoms with E-state index in [1.165, 1.54) is 6.42 Å². The van der Waals surface area contributed by atoms with Crippen molar-refractivity contribution in [2.45, 2.75) is 39.7 Å². The first-order chi connectivity index (χ1) is 7.05. The van der Waals surface area contributed by atoms with E-state index < -0.39 is 0 Å². The van der Waals surface area contributed by atoms with Gasteiger partial charge in [0.15, 0.2) is 0 Å². The molecular weight excluding hydrogens is 190 g/mol. The highest BCUT2D eigenvalue weighted by Gasteiger charge is 2.24. The molecule has 90 valence electrons. The topological polar surface area (TPSA) is 41.5 Å². The molecule has 1 rings (SSSR count). The van der Waals surface area contributed by atoms with Crippen molar-refractivity contribution >= 4 is 0 Å². The Kier molecular flexibility index (Phi) is 5.03. The Morgan fingerprint density at radius 3 is 2.80 bits per heavy atom. The van der Waals surface area contributed by atoms with E-state index in [4.69, 9.17) is 9.84 Å². The molecule has 2 unspecified atom stereocenters. The van der Waals surface area contributed by atoms with Crippen molar-refractivity contribution in [2.75, 3.05) is 26.4 Å². The summed E-state index contributed by atoms with van der Waals surface area (Å²) in [6.07, 6.45) is 2.03. The zero-order valence-corrected chi connectivity index (χ0v) is 10.3. The number of aliphatic hydroxyl groups excluding tert-OH is 1. The molecule has 1 fully saturated rings. The van der Waals surface area contributed by atoms with Gasteiger partial charge < -0.3 is 15.2 Å². The maximum absolute atomic E-state index is 8.93. The normalized spacial score (nSPS) is 24.4. The highest BCUT2D eigenvalue weighted by atomic mass is 16.5. The molecule has 0 saturated carbocycles. The van der Waals surface area contributed by atoms with Gasteiger partial charge in [0.05, 0.1) is 6.61 Å². The predicted octanol–water partition coefficient (Wildman–Crippen LogP) is 1.41. The van der Waals surface area contributed by atoms with Crippen molar-refractivity contribution in [3.8, 4) is 0 Å². The number of rotatable bonds is 6. The molecule has 0 aromatic rings. The molecule has 0 aliphatic carbocycles. The first-order valence-electron chi connectivity index (χ1n) is 5.97. The Morgan fingerprint density at radius 2 is 2.27 bits per heavy atom. The minimum atomic E-state index is 0.183. The van der Waals surface area contributed by atoms with E-state index in [1.54, 1.807) is 0 Å². The summed E-state index contributed by atoms with van der Waals surface area (Å²) in [5, 5.41) is 12.5. The first kappa shape index (κ1) is 12.9. The van der Waals surface area contributed by atoms with E-state index in [-0.39, 0.29) is 12.0 Å². The van der Waals surface area contributed by atoms with Gasteiger partial charge in [0.1, 0.15) is 0 Å². The van der Waals surface area contributed by atoms with Crippen LogP contribution < -0.4 is 5.32 Å². The highest BCUT2D eigenvalue weighted by Crippen LogP contribution is 2.21. The summed E-state index contributed by atoms with van der Waals surface area (Å²) in [6, 6.07) is 0.519. The molecule has 1 saturated heterocycles. The average molecular weight is 215 g/mol. The summed E-state index contributed by atoms with van der Waals surface area (Å²) in [5.41, 5.74) is 0.183. The number of aliphatic hydroxyl groups is 1. The molecule has 2 N–H and O–H groups in total. The van der Waals surface area contributed by atoms with Crippen LogP contribution >= 0.6 is 0 Å². The van der Waals surface area contributed by atoms with Crippen LogP contribution in [0.25, 0.3) is 0 Å². The molecule has 0 aromatic carbocycles. The molecule has 3 heteroatoms. The minimum absolute atomic E-state index is 0.183. The van der Waals surface area contributed by atoms with Crippen molar-refractivity contribution < 1.29 is 9.84 Å². The van der Waals surface area contributed by atoms with Gasteiger partial charge in [-0.15, -0.1) is 0 Å². The lowest BCUT2D eigenvalue weighted by Crippen LogP contribution is -2.40. The standard InChI is InChI=1S/C12H25NO2/c1-10(11-4-7-15-8-11)13-9-12(2,3)5-6-14/h10-11,13-14H,4-9H2,1-3H3. The molecule has 0 radical (unpaired) electrons. The third-order valence-corrected chi connectivity index (χ3v) is 3.36. The van der Waals surface area contributed by atoms with Crippen LogP contribution in [0.4, 0.5) is 0 Å². The van der Waals surface area contributed by atoms with Crippen LogP contribution in [0.1, 0.15) is 33.6 Å². The molecule has 2 atom stereocenters. The van der Waals surface area contributed by atoms with Crippen molar-refractivity contribution in [1.82, 2.24) is 5.32 Å². The maximum atomic E-state index is 8.93.